The summed E-state index contributed by atoms with van der Waals surface area (Å²) in [5, 5.41) is 3.53. The minimum Gasteiger partial charge on any atom is -0.343 e. The minimum absolute atomic E-state index is 0.245. The number of carbonyl (C=O) groups is 1. The highest BCUT2D eigenvalue weighted by Crippen LogP contribution is 2.35. The maximum absolute atomic E-state index is 12.0. The van der Waals surface area contributed by atoms with E-state index in [0.717, 1.165) is 32.5 Å². The lowest BCUT2D eigenvalue weighted by Crippen LogP contribution is -2.33. The summed E-state index contributed by atoms with van der Waals surface area (Å²) in [6, 6.07) is 6.78. The van der Waals surface area contributed by atoms with Crippen molar-refractivity contribution >= 4 is 21.8 Å². The molecule has 0 bridgehead atoms. The van der Waals surface area contributed by atoms with Crippen LogP contribution >= 0.6 is 15.9 Å². The first-order valence-corrected chi connectivity index (χ1v) is 8.25. The highest BCUT2D eigenvalue weighted by atomic mass is 79.9. The fourth-order valence-corrected chi connectivity index (χ4v) is 3.49. The Morgan fingerprint density at radius 1 is 1.40 bits per heavy atom. The van der Waals surface area contributed by atoms with E-state index in [4.69, 9.17) is 0 Å². The second kappa shape index (κ2) is 7.23. The molecule has 1 N–H and O–H groups in total. The molecular formula is C16H23BrN2O. The van der Waals surface area contributed by atoms with Crippen LogP contribution in [0.25, 0.3) is 0 Å². The predicted molar refractivity (Wildman–Crippen MR) is 85.8 cm³/mol. The van der Waals surface area contributed by atoms with Crippen molar-refractivity contribution in [2.75, 3.05) is 19.6 Å². The van der Waals surface area contributed by atoms with Gasteiger partial charge in [-0.05, 0) is 43.9 Å². The molecule has 0 saturated heterocycles. The summed E-state index contributed by atoms with van der Waals surface area (Å²) in [5.74, 6) is 0.245. The lowest BCUT2D eigenvalue weighted by molar-refractivity contribution is -0.130. The zero-order valence-electron chi connectivity index (χ0n) is 12.3. The third-order valence-electron chi connectivity index (χ3n) is 4.06. The molecule has 0 spiro atoms. The number of rotatable bonds is 6. The van der Waals surface area contributed by atoms with Crippen LogP contribution in [0.5, 0.6) is 0 Å². The van der Waals surface area contributed by atoms with Gasteiger partial charge < -0.3 is 10.2 Å². The summed E-state index contributed by atoms with van der Waals surface area (Å²) >= 11 is 3.62. The topological polar surface area (TPSA) is 32.3 Å². The number of nitrogens with one attached hydrogen (secondary N) is 1. The van der Waals surface area contributed by atoms with Crippen molar-refractivity contribution in [3.05, 3.63) is 33.8 Å². The van der Waals surface area contributed by atoms with Gasteiger partial charge in [-0.3, -0.25) is 4.79 Å². The van der Waals surface area contributed by atoms with Crippen LogP contribution in [0.2, 0.25) is 0 Å². The molecule has 4 heteroatoms. The van der Waals surface area contributed by atoms with Crippen molar-refractivity contribution in [1.82, 2.24) is 10.2 Å². The number of benzene rings is 1. The van der Waals surface area contributed by atoms with E-state index in [0.29, 0.717) is 12.5 Å². The van der Waals surface area contributed by atoms with E-state index in [1.54, 1.807) is 0 Å². The Morgan fingerprint density at radius 2 is 2.15 bits per heavy atom. The van der Waals surface area contributed by atoms with Gasteiger partial charge in [-0.25, -0.2) is 0 Å². The van der Waals surface area contributed by atoms with Gasteiger partial charge in [0.1, 0.15) is 0 Å². The van der Waals surface area contributed by atoms with Crippen LogP contribution in [0, 0.1) is 0 Å². The zero-order valence-corrected chi connectivity index (χ0v) is 13.9. The van der Waals surface area contributed by atoms with Crippen LogP contribution in [0.3, 0.4) is 0 Å². The molecule has 0 aromatic heterocycles. The summed E-state index contributed by atoms with van der Waals surface area (Å²) < 4.78 is 1.21. The molecule has 0 aliphatic heterocycles. The van der Waals surface area contributed by atoms with Crippen molar-refractivity contribution in [3.63, 3.8) is 0 Å². The number of nitrogens with zero attached hydrogens (tertiary/aromatic N) is 1. The lowest BCUT2D eigenvalue weighted by Gasteiger charge is -2.20. The fraction of sp³-hybridized carbons (Fsp3) is 0.562. The standard InChI is InChI=1S/C16H23BrN2O/c1-3-19(4-2)16(20)10-11-18-15-9-8-12-13(15)6-5-7-14(12)17/h5-7,15,18H,3-4,8-11H2,1-2H3. The number of halogens is 1. The minimum atomic E-state index is 0.245. The smallest absolute Gasteiger partial charge is 0.223 e. The SMILES string of the molecule is CCN(CC)C(=O)CCNC1CCc2c(Br)cccc21. The molecule has 1 aromatic carbocycles. The molecule has 0 radical (unpaired) electrons. The van der Waals surface area contributed by atoms with Crippen LogP contribution in [-0.2, 0) is 11.2 Å². The Bertz CT molecular complexity index is 472. The maximum atomic E-state index is 12.0. The Hall–Kier alpha value is -0.870. The van der Waals surface area contributed by atoms with Gasteiger partial charge in [0.05, 0.1) is 0 Å². The first-order valence-electron chi connectivity index (χ1n) is 7.45. The molecule has 20 heavy (non-hydrogen) atoms. The van der Waals surface area contributed by atoms with Crippen LogP contribution in [0.4, 0.5) is 0 Å². The van der Waals surface area contributed by atoms with Gasteiger partial charge in [0.25, 0.3) is 0 Å². The zero-order chi connectivity index (χ0) is 14.5. The molecule has 1 unspecified atom stereocenters. The van der Waals surface area contributed by atoms with Crippen LogP contribution in [-0.4, -0.2) is 30.4 Å². The monoisotopic (exact) mass is 338 g/mol. The van der Waals surface area contributed by atoms with E-state index in [9.17, 15) is 4.79 Å². The fourth-order valence-electron chi connectivity index (χ4n) is 2.91. The molecule has 110 valence electrons. The first-order chi connectivity index (χ1) is 9.67. The third kappa shape index (κ3) is 3.41. The summed E-state index contributed by atoms with van der Waals surface area (Å²) in [6.07, 6.45) is 2.82. The molecule has 1 aliphatic carbocycles. The van der Waals surface area contributed by atoms with Crippen molar-refractivity contribution in [1.29, 1.82) is 0 Å². The molecule has 1 aliphatic rings. The molecule has 0 saturated carbocycles. The van der Waals surface area contributed by atoms with Gasteiger partial charge in [0, 0.05) is 36.6 Å². The van der Waals surface area contributed by atoms with Gasteiger partial charge in [-0.2, -0.15) is 0 Å². The van der Waals surface area contributed by atoms with Gasteiger partial charge in [0.2, 0.25) is 5.91 Å². The first kappa shape index (κ1) is 15.5. The molecule has 0 heterocycles. The van der Waals surface area contributed by atoms with E-state index in [1.165, 1.54) is 15.6 Å². The van der Waals surface area contributed by atoms with Crippen LogP contribution in [0.15, 0.2) is 22.7 Å². The second-order valence-corrected chi connectivity index (χ2v) is 6.02. The average molecular weight is 339 g/mol. The molecule has 1 amide bonds. The normalized spacial score (nSPS) is 17.1. The number of hydrogen-bond donors (Lipinski definition) is 1. The summed E-state index contributed by atoms with van der Waals surface area (Å²) in [5.41, 5.74) is 2.80. The van der Waals surface area contributed by atoms with Crippen molar-refractivity contribution in [3.8, 4) is 0 Å². The summed E-state index contributed by atoms with van der Waals surface area (Å²) in [7, 11) is 0. The Morgan fingerprint density at radius 3 is 2.85 bits per heavy atom. The summed E-state index contributed by atoms with van der Waals surface area (Å²) in [4.78, 5) is 13.8. The van der Waals surface area contributed by atoms with Crippen molar-refractivity contribution < 1.29 is 4.79 Å². The Labute approximate surface area is 129 Å². The quantitative estimate of drug-likeness (QED) is 0.863. The second-order valence-electron chi connectivity index (χ2n) is 5.17. The number of carbonyl (C=O) groups excluding carboxylic acids is 1. The molecule has 3 nitrogen and oxygen atoms in total. The number of amides is 1. The maximum Gasteiger partial charge on any atom is 0.223 e. The van der Waals surface area contributed by atoms with Gasteiger partial charge >= 0.3 is 0 Å². The van der Waals surface area contributed by atoms with Gasteiger partial charge in [-0.1, -0.05) is 28.1 Å². The van der Waals surface area contributed by atoms with Crippen LogP contribution in [0.1, 0.15) is 43.9 Å². The summed E-state index contributed by atoms with van der Waals surface area (Å²) in [6.45, 7) is 6.41. The highest BCUT2D eigenvalue weighted by molar-refractivity contribution is 9.10. The van der Waals surface area contributed by atoms with Crippen LogP contribution < -0.4 is 5.32 Å². The van der Waals surface area contributed by atoms with E-state index in [-0.39, 0.29) is 5.91 Å². The number of fused-ring (bicyclic) bond motifs is 1. The third-order valence-corrected chi connectivity index (χ3v) is 4.80. The molecule has 1 aromatic rings. The predicted octanol–water partition coefficient (Wildman–Crippen LogP) is 3.28. The van der Waals surface area contributed by atoms with Gasteiger partial charge in [0.15, 0.2) is 0 Å². The molecule has 0 fully saturated rings. The van der Waals surface area contributed by atoms with E-state index >= 15 is 0 Å². The van der Waals surface area contributed by atoms with Crippen molar-refractivity contribution in [2.24, 2.45) is 0 Å². The lowest BCUT2D eigenvalue weighted by atomic mass is 10.1. The molecule has 2 rings (SSSR count). The van der Waals surface area contributed by atoms with E-state index < -0.39 is 0 Å². The van der Waals surface area contributed by atoms with Crippen molar-refractivity contribution in [2.45, 2.75) is 39.2 Å². The number of hydrogen-bond acceptors (Lipinski definition) is 2. The Kier molecular flexibility index (Phi) is 5.61. The largest absolute Gasteiger partial charge is 0.343 e. The molecule has 1 atom stereocenters. The van der Waals surface area contributed by atoms with E-state index in [1.807, 2.05) is 18.7 Å². The highest BCUT2D eigenvalue weighted by Gasteiger charge is 2.23. The Balaban J connectivity index is 1.85. The average Bonchev–Trinajstić information content (AvgIpc) is 2.85. The van der Waals surface area contributed by atoms with E-state index in [2.05, 4.69) is 39.4 Å². The van der Waals surface area contributed by atoms with Gasteiger partial charge in [-0.15, -0.1) is 0 Å². The molecular weight excluding hydrogens is 316 g/mol.